The molecule has 1 aromatic carbocycles. The normalized spacial score (nSPS) is 16.2. The molecule has 1 aliphatic carbocycles. The minimum atomic E-state index is 0.646. The Morgan fingerprint density at radius 2 is 1.84 bits per heavy atom. The lowest BCUT2D eigenvalue weighted by molar-refractivity contribution is 0.443. The third-order valence-electron chi connectivity index (χ3n) is 4.03. The summed E-state index contributed by atoms with van der Waals surface area (Å²) in [5.41, 5.74) is 2.87. The highest BCUT2D eigenvalue weighted by Crippen LogP contribution is 2.32. The van der Waals surface area contributed by atoms with Gasteiger partial charge in [-0.1, -0.05) is 43.5 Å². The highest BCUT2D eigenvalue weighted by atomic mass is 14.8. The van der Waals surface area contributed by atoms with E-state index >= 15 is 0 Å². The second kappa shape index (κ2) is 7.96. The van der Waals surface area contributed by atoms with Crippen LogP contribution in [0.5, 0.6) is 0 Å². The Kier molecular flexibility index (Phi) is 5.91. The van der Waals surface area contributed by atoms with Crippen molar-refractivity contribution in [1.29, 1.82) is 5.26 Å². The largest absolute Gasteiger partial charge is 0.313 e. The van der Waals surface area contributed by atoms with Crippen molar-refractivity contribution in [2.75, 3.05) is 6.54 Å². The predicted octanol–water partition coefficient (Wildman–Crippen LogP) is 4.13. The zero-order valence-corrected chi connectivity index (χ0v) is 11.7. The molecule has 0 aliphatic heterocycles. The van der Waals surface area contributed by atoms with Gasteiger partial charge in [0.2, 0.25) is 0 Å². The third kappa shape index (κ3) is 4.69. The van der Waals surface area contributed by atoms with Crippen molar-refractivity contribution in [3.8, 4) is 6.07 Å². The molecule has 0 bridgehead atoms. The molecule has 0 aromatic heterocycles. The number of benzene rings is 1. The van der Waals surface area contributed by atoms with Crippen LogP contribution >= 0.6 is 0 Å². The molecular weight excluding hydrogens is 232 g/mol. The van der Waals surface area contributed by atoms with E-state index < -0.39 is 0 Å². The van der Waals surface area contributed by atoms with Crippen molar-refractivity contribution >= 4 is 0 Å². The van der Waals surface area contributed by atoms with Gasteiger partial charge in [-0.3, -0.25) is 0 Å². The van der Waals surface area contributed by atoms with Crippen LogP contribution in [0.15, 0.2) is 24.3 Å². The molecule has 2 nitrogen and oxygen atoms in total. The lowest BCUT2D eigenvalue weighted by Gasteiger charge is -2.22. The lowest BCUT2D eigenvalue weighted by Crippen LogP contribution is -2.14. The summed E-state index contributed by atoms with van der Waals surface area (Å²) < 4.78 is 0. The molecule has 0 atom stereocenters. The van der Waals surface area contributed by atoms with Crippen LogP contribution in [0.4, 0.5) is 0 Å². The molecule has 1 fully saturated rings. The van der Waals surface area contributed by atoms with Crippen LogP contribution in [0.1, 0.15) is 62.0 Å². The second-order valence-corrected chi connectivity index (χ2v) is 5.51. The smallest absolute Gasteiger partial charge is 0.0622 e. The van der Waals surface area contributed by atoms with Crippen LogP contribution in [-0.4, -0.2) is 6.54 Å². The first kappa shape index (κ1) is 14.1. The lowest BCUT2D eigenvalue weighted by atomic mass is 9.84. The molecule has 0 amide bonds. The fourth-order valence-corrected chi connectivity index (χ4v) is 2.87. The van der Waals surface area contributed by atoms with Crippen LogP contribution in [0.25, 0.3) is 0 Å². The molecule has 2 heteroatoms. The van der Waals surface area contributed by atoms with E-state index in [1.54, 1.807) is 0 Å². The van der Waals surface area contributed by atoms with Crippen LogP contribution < -0.4 is 5.32 Å². The summed E-state index contributed by atoms with van der Waals surface area (Å²) in [5, 5.41) is 11.8. The minimum Gasteiger partial charge on any atom is -0.313 e. The Morgan fingerprint density at radius 1 is 1.11 bits per heavy atom. The first-order valence-corrected chi connectivity index (χ1v) is 7.56. The van der Waals surface area contributed by atoms with Crippen molar-refractivity contribution in [2.45, 2.75) is 57.4 Å². The summed E-state index contributed by atoms with van der Waals surface area (Å²) in [4.78, 5) is 0. The number of nitrogens with zero attached hydrogens (tertiary/aromatic N) is 1. The van der Waals surface area contributed by atoms with Crippen molar-refractivity contribution in [1.82, 2.24) is 5.32 Å². The molecule has 0 radical (unpaired) electrons. The summed E-state index contributed by atoms with van der Waals surface area (Å²) in [7, 11) is 0. The van der Waals surface area contributed by atoms with E-state index in [1.807, 2.05) is 0 Å². The van der Waals surface area contributed by atoms with Gasteiger partial charge in [0.05, 0.1) is 6.07 Å². The van der Waals surface area contributed by atoms with Gasteiger partial charge in [0, 0.05) is 13.0 Å². The Morgan fingerprint density at radius 3 is 2.53 bits per heavy atom. The van der Waals surface area contributed by atoms with Gasteiger partial charge >= 0.3 is 0 Å². The van der Waals surface area contributed by atoms with Gasteiger partial charge in [0.15, 0.2) is 0 Å². The number of nitrogens with one attached hydrogen (secondary N) is 1. The average Bonchev–Trinajstić information content (AvgIpc) is 2.49. The van der Waals surface area contributed by atoms with Crippen LogP contribution in [0.3, 0.4) is 0 Å². The second-order valence-electron chi connectivity index (χ2n) is 5.51. The predicted molar refractivity (Wildman–Crippen MR) is 78.8 cm³/mol. The van der Waals surface area contributed by atoms with Crippen LogP contribution in [0, 0.1) is 11.3 Å². The quantitative estimate of drug-likeness (QED) is 0.777. The molecule has 1 saturated carbocycles. The van der Waals surface area contributed by atoms with E-state index in [2.05, 4.69) is 35.7 Å². The number of rotatable bonds is 6. The van der Waals surface area contributed by atoms with E-state index in [9.17, 15) is 0 Å². The zero-order valence-electron chi connectivity index (χ0n) is 11.7. The Balaban J connectivity index is 1.76. The van der Waals surface area contributed by atoms with Crippen molar-refractivity contribution in [3.63, 3.8) is 0 Å². The fourth-order valence-electron chi connectivity index (χ4n) is 2.87. The molecule has 1 aromatic rings. The van der Waals surface area contributed by atoms with E-state index in [-0.39, 0.29) is 0 Å². The Labute approximate surface area is 116 Å². The van der Waals surface area contributed by atoms with Gasteiger partial charge in [0.1, 0.15) is 0 Å². The van der Waals surface area contributed by atoms with Crippen molar-refractivity contribution in [3.05, 3.63) is 35.4 Å². The molecule has 0 spiro atoms. The molecule has 2 rings (SSSR count). The number of unbranched alkanes of at least 4 members (excludes halogenated alkanes) is 1. The first-order valence-electron chi connectivity index (χ1n) is 7.56. The van der Waals surface area contributed by atoms with Gasteiger partial charge in [-0.25, -0.2) is 0 Å². The monoisotopic (exact) mass is 256 g/mol. The molecule has 1 N–H and O–H groups in total. The summed E-state index contributed by atoms with van der Waals surface area (Å²) in [6, 6.07) is 11.3. The fraction of sp³-hybridized carbons (Fsp3) is 0.588. The molecule has 19 heavy (non-hydrogen) atoms. The van der Waals surface area contributed by atoms with E-state index in [4.69, 9.17) is 5.26 Å². The third-order valence-corrected chi connectivity index (χ3v) is 4.03. The van der Waals surface area contributed by atoms with Gasteiger partial charge in [-0.2, -0.15) is 5.26 Å². The maximum Gasteiger partial charge on any atom is 0.0622 e. The van der Waals surface area contributed by atoms with Crippen molar-refractivity contribution in [2.24, 2.45) is 0 Å². The Bertz CT molecular complexity index is 396. The molecule has 102 valence electrons. The standard InChI is InChI=1S/C17H24N2/c18-12-4-5-13-19-14-15-8-10-17(11-9-15)16-6-2-1-3-7-16/h8-11,16,19H,1-7,13-14H2. The summed E-state index contributed by atoms with van der Waals surface area (Å²) in [6.07, 6.45) is 8.53. The van der Waals surface area contributed by atoms with E-state index in [0.717, 1.165) is 25.4 Å². The van der Waals surface area contributed by atoms with Gasteiger partial charge in [0.25, 0.3) is 0 Å². The van der Waals surface area contributed by atoms with Gasteiger partial charge in [-0.05, 0) is 42.9 Å². The van der Waals surface area contributed by atoms with Gasteiger partial charge in [-0.15, -0.1) is 0 Å². The summed E-state index contributed by atoms with van der Waals surface area (Å²) in [6.45, 7) is 1.84. The SMILES string of the molecule is N#CCCCNCc1ccc(C2CCCCC2)cc1. The average molecular weight is 256 g/mol. The molecule has 1 aliphatic rings. The topological polar surface area (TPSA) is 35.8 Å². The number of nitriles is 1. The van der Waals surface area contributed by atoms with Crippen LogP contribution in [-0.2, 0) is 6.54 Å². The summed E-state index contributed by atoms with van der Waals surface area (Å²) in [5.74, 6) is 0.798. The Hall–Kier alpha value is -1.33. The maximum atomic E-state index is 8.46. The molecule has 0 saturated heterocycles. The highest BCUT2D eigenvalue weighted by Gasteiger charge is 2.14. The molecule has 0 unspecified atom stereocenters. The van der Waals surface area contributed by atoms with E-state index in [0.29, 0.717) is 6.42 Å². The maximum absolute atomic E-state index is 8.46. The van der Waals surface area contributed by atoms with Gasteiger partial charge < -0.3 is 5.32 Å². The molecule has 0 heterocycles. The zero-order chi connectivity index (χ0) is 13.3. The highest BCUT2D eigenvalue weighted by molar-refractivity contribution is 5.25. The van der Waals surface area contributed by atoms with E-state index in [1.165, 1.54) is 43.2 Å². The first-order chi connectivity index (χ1) is 9.40. The minimum absolute atomic E-state index is 0.646. The number of hydrogen-bond donors (Lipinski definition) is 1. The van der Waals surface area contributed by atoms with Crippen molar-refractivity contribution < 1.29 is 0 Å². The summed E-state index contributed by atoms with van der Waals surface area (Å²) >= 11 is 0. The molecular formula is C17H24N2. The number of hydrogen-bond acceptors (Lipinski definition) is 2. The van der Waals surface area contributed by atoms with Crippen LogP contribution in [0.2, 0.25) is 0 Å².